The predicted octanol–water partition coefficient (Wildman–Crippen LogP) is 4.69. The third-order valence-electron chi connectivity index (χ3n) is 10.1. The zero-order valence-corrected chi connectivity index (χ0v) is 25.3. The second kappa shape index (κ2) is 11.4. The summed E-state index contributed by atoms with van der Waals surface area (Å²) in [6, 6.07) is 8.04. The van der Waals surface area contributed by atoms with Gasteiger partial charge in [0.2, 0.25) is 5.91 Å². The molecule has 9 nitrogen and oxygen atoms in total. The molecule has 2 aromatic heterocycles. The van der Waals surface area contributed by atoms with E-state index in [-0.39, 0.29) is 35.4 Å². The molecule has 5 heterocycles. The number of hydrogen-bond donors (Lipinski definition) is 0. The summed E-state index contributed by atoms with van der Waals surface area (Å²) in [5.41, 5.74) is 3.66. The van der Waals surface area contributed by atoms with E-state index < -0.39 is 5.82 Å². The van der Waals surface area contributed by atoms with Crippen LogP contribution in [0.15, 0.2) is 37.1 Å². The van der Waals surface area contributed by atoms with Crippen LogP contribution in [0, 0.1) is 23.1 Å². The van der Waals surface area contributed by atoms with E-state index in [0.717, 1.165) is 62.7 Å². The first-order chi connectivity index (χ1) is 21.4. The Labute approximate surface area is 257 Å². The number of fused-ring (bicyclic) bond motifs is 3. The van der Waals surface area contributed by atoms with Gasteiger partial charge >= 0.3 is 6.01 Å². The van der Waals surface area contributed by atoms with E-state index >= 15 is 4.39 Å². The lowest BCUT2D eigenvalue weighted by Crippen LogP contribution is -2.55. The first-order valence-corrected chi connectivity index (χ1v) is 15.8. The number of piperazine rings is 1. The third-order valence-corrected chi connectivity index (χ3v) is 10.1. The van der Waals surface area contributed by atoms with Gasteiger partial charge in [-0.05, 0) is 74.7 Å². The Morgan fingerprint density at radius 3 is 2.80 bits per heavy atom. The second-order valence-corrected chi connectivity index (χ2v) is 12.9. The highest BCUT2D eigenvalue weighted by atomic mass is 19.1. The molecule has 0 spiro atoms. The Morgan fingerprint density at radius 1 is 1.20 bits per heavy atom. The lowest BCUT2D eigenvalue weighted by molar-refractivity contribution is -0.128. The van der Waals surface area contributed by atoms with Gasteiger partial charge in [0.15, 0.2) is 5.82 Å². The standard InChI is InChI=1S/C34H38FN7O2/c1-3-28(43)42-16-15-40(20-24(42)9-12-36)32-27-19-37-30(25-8-4-7-23-17-22(2)18-26(23)25)29(35)31(27)38-33(39-32)44-21-34-10-5-13-41(34)14-6-11-34/h3-4,7-8,19,22,24H,1,5-6,9-11,13-18,20-21H2,2H3/t22-,24+/m1/s1. The molecule has 10 heteroatoms. The highest BCUT2D eigenvalue weighted by Crippen LogP contribution is 2.40. The summed E-state index contributed by atoms with van der Waals surface area (Å²) in [5, 5.41) is 10.0. The summed E-state index contributed by atoms with van der Waals surface area (Å²) in [6.07, 6.45) is 9.41. The van der Waals surface area contributed by atoms with E-state index in [9.17, 15) is 10.1 Å². The van der Waals surface area contributed by atoms with Crippen molar-refractivity contribution in [3.63, 3.8) is 0 Å². The molecule has 0 radical (unpaired) electrons. The molecule has 0 bridgehead atoms. The maximum atomic E-state index is 16.7. The molecule has 44 heavy (non-hydrogen) atoms. The van der Waals surface area contributed by atoms with Gasteiger partial charge < -0.3 is 14.5 Å². The van der Waals surface area contributed by atoms with Crippen molar-refractivity contribution in [1.29, 1.82) is 5.26 Å². The van der Waals surface area contributed by atoms with Gasteiger partial charge in [-0.25, -0.2) is 4.39 Å². The summed E-state index contributed by atoms with van der Waals surface area (Å²) < 4.78 is 23.0. The SMILES string of the molecule is C=CC(=O)N1CCN(c2nc(OCC34CCCN3CCC4)nc3c(F)c(-c4cccc5c4C[C@H](C)C5)ncc23)C[C@@H]1CC#N. The molecule has 2 atom stereocenters. The molecule has 4 aliphatic rings. The van der Waals surface area contributed by atoms with Crippen LogP contribution >= 0.6 is 0 Å². The van der Waals surface area contributed by atoms with Crippen LogP contribution in [0.3, 0.4) is 0 Å². The van der Waals surface area contributed by atoms with Gasteiger partial charge in [0.05, 0.1) is 29.5 Å². The Morgan fingerprint density at radius 2 is 2.02 bits per heavy atom. The van der Waals surface area contributed by atoms with Crippen molar-refractivity contribution in [2.45, 2.75) is 63.5 Å². The summed E-state index contributed by atoms with van der Waals surface area (Å²) in [5.74, 6) is 0.317. The molecule has 1 aromatic carbocycles. The number of anilines is 1. The molecule has 3 aromatic rings. The highest BCUT2D eigenvalue weighted by Gasteiger charge is 2.45. The van der Waals surface area contributed by atoms with Crippen LogP contribution in [0.1, 0.15) is 50.2 Å². The Balaban J connectivity index is 1.30. The third kappa shape index (κ3) is 4.87. The molecule has 1 amide bonds. The molecule has 3 saturated heterocycles. The van der Waals surface area contributed by atoms with Crippen LogP contribution in [-0.4, -0.2) is 81.6 Å². The largest absolute Gasteiger partial charge is 0.461 e. The number of nitrogens with zero attached hydrogens (tertiary/aromatic N) is 7. The van der Waals surface area contributed by atoms with Crippen molar-refractivity contribution in [3.8, 4) is 23.3 Å². The van der Waals surface area contributed by atoms with Crippen LogP contribution in [0.2, 0.25) is 0 Å². The Bertz CT molecular complexity index is 1660. The van der Waals surface area contributed by atoms with E-state index in [4.69, 9.17) is 9.72 Å². The number of nitriles is 1. The van der Waals surface area contributed by atoms with E-state index in [1.807, 2.05) is 17.0 Å². The maximum absolute atomic E-state index is 16.7. The van der Waals surface area contributed by atoms with E-state index in [1.54, 1.807) is 11.1 Å². The monoisotopic (exact) mass is 595 g/mol. The van der Waals surface area contributed by atoms with Gasteiger partial charge in [-0.15, -0.1) is 0 Å². The van der Waals surface area contributed by atoms with Crippen molar-refractivity contribution >= 4 is 22.6 Å². The second-order valence-electron chi connectivity index (χ2n) is 12.9. The van der Waals surface area contributed by atoms with Crippen LogP contribution in [0.4, 0.5) is 10.2 Å². The number of halogens is 1. The zero-order valence-electron chi connectivity index (χ0n) is 25.3. The van der Waals surface area contributed by atoms with Crippen molar-refractivity contribution < 1.29 is 13.9 Å². The number of carbonyl (C=O) groups excluding carboxylic acids is 1. The van der Waals surface area contributed by atoms with Crippen LogP contribution < -0.4 is 9.64 Å². The zero-order chi connectivity index (χ0) is 30.4. The van der Waals surface area contributed by atoms with Gasteiger partial charge in [0, 0.05) is 31.4 Å². The molecule has 1 aliphatic carbocycles. The molecular formula is C34H38FN7O2. The molecule has 3 fully saturated rings. The van der Waals surface area contributed by atoms with E-state index in [2.05, 4.69) is 40.5 Å². The summed E-state index contributed by atoms with van der Waals surface area (Å²) in [7, 11) is 0. The minimum Gasteiger partial charge on any atom is -0.461 e. The number of aromatic nitrogens is 3. The first-order valence-electron chi connectivity index (χ1n) is 15.8. The molecule has 0 saturated carbocycles. The number of benzene rings is 1. The summed E-state index contributed by atoms with van der Waals surface area (Å²) >= 11 is 0. The number of pyridine rings is 1. The van der Waals surface area contributed by atoms with Crippen molar-refractivity contribution in [3.05, 3.63) is 54.0 Å². The van der Waals surface area contributed by atoms with Crippen LogP contribution in [-0.2, 0) is 17.6 Å². The lowest BCUT2D eigenvalue weighted by Gasteiger charge is -2.41. The highest BCUT2D eigenvalue weighted by molar-refractivity contribution is 5.93. The topological polar surface area (TPSA) is 98.5 Å². The smallest absolute Gasteiger partial charge is 0.319 e. The number of ether oxygens (including phenoxy) is 1. The van der Waals surface area contributed by atoms with Crippen molar-refractivity contribution in [1.82, 2.24) is 24.8 Å². The fraction of sp³-hybridized carbons (Fsp3) is 0.500. The molecule has 7 rings (SSSR count). The van der Waals surface area contributed by atoms with Gasteiger partial charge in [-0.3, -0.25) is 14.7 Å². The average molecular weight is 596 g/mol. The lowest BCUT2D eigenvalue weighted by atomic mass is 9.95. The van der Waals surface area contributed by atoms with Crippen LogP contribution in [0.5, 0.6) is 6.01 Å². The molecule has 228 valence electrons. The quantitative estimate of drug-likeness (QED) is 0.363. The first kappa shape index (κ1) is 28.7. The number of hydrogen-bond acceptors (Lipinski definition) is 8. The van der Waals surface area contributed by atoms with Crippen LogP contribution in [0.25, 0.3) is 22.2 Å². The summed E-state index contributed by atoms with van der Waals surface area (Å²) in [4.78, 5) is 32.9. The summed E-state index contributed by atoms with van der Waals surface area (Å²) in [6.45, 7) is 9.66. The maximum Gasteiger partial charge on any atom is 0.319 e. The van der Waals surface area contributed by atoms with Gasteiger partial charge in [0.25, 0.3) is 0 Å². The normalized spacial score (nSPS) is 22.6. The molecular weight excluding hydrogens is 557 g/mol. The number of rotatable bonds is 7. The predicted molar refractivity (Wildman–Crippen MR) is 166 cm³/mol. The Kier molecular flexibility index (Phi) is 7.45. The van der Waals surface area contributed by atoms with Gasteiger partial charge in [-0.2, -0.15) is 15.2 Å². The molecule has 3 aliphatic heterocycles. The minimum absolute atomic E-state index is 0.0176. The van der Waals surface area contributed by atoms with Gasteiger partial charge in [0.1, 0.15) is 23.6 Å². The van der Waals surface area contributed by atoms with E-state index in [1.165, 1.54) is 11.6 Å². The van der Waals surface area contributed by atoms with Crippen molar-refractivity contribution in [2.24, 2.45) is 5.92 Å². The number of amides is 1. The fourth-order valence-corrected chi connectivity index (χ4v) is 7.99. The minimum atomic E-state index is -0.487. The Hall–Kier alpha value is -4.10. The van der Waals surface area contributed by atoms with Gasteiger partial charge in [-0.1, -0.05) is 31.7 Å². The van der Waals surface area contributed by atoms with E-state index in [0.29, 0.717) is 49.1 Å². The molecule has 0 N–H and O–H groups in total. The van der Waals surface area contributed by atoms with Crippen molar-refractivity contribution in [2.75, 3.05) is 44.2 Å². The number of carbonyl (C=O) groups is 1. The fourth-order valence-electron chi connectivity index (χ4n) is 7.99. The molecule has 0 unspecified atom stereocenters. The average Bonchev–Trinajstić information content (AvgIpc) is 3.73.